The van der Waals surface area contributed by atoms with E-state index in [0.717, 1.165) is 34.5 Å². The fourth-order valence-corrected chi connectivity index (χ4v) is 5.70. The minimum atomic E-state index is -0.641. The van der Waals surface area contributed by atoms with Gasteiger partial charge in [-0.2, -0.15) is 0 Å². The average Bonchev–Trinajstić information content (AvgIpc) is 3.52. The summed E-state index contributed by atoms with van der Waals surface area (Å²) in [5, 5.41) is 13.1. The normalized spacial score (nSPS) is 22.6. The van der Waals surface area contributed by atoms with Crippen LogP contribution in [0.3, 0.4) is 0 Å². The fourth-order valence-electron chi connectivity index (χ4n) is 4.89. The second kappa shape index (κ2) is 9.49. The molecule has 31 heavy (non-hydrogen) atoms. The summed E-state index contributed by atoms with van der Waals surface area (Å²) in [5.74, 6) is 0.124. The monoisotopic (exact) mass is 441 g/mol. The van der Waals surface area contributed by atoms with Gasteiger partial charge in [0.15, 0.2) is 0 Å². The van der Waals surface area contributed by atoms with Crippen molar-refractivity contribution in [1.29, 1.82) is 0 Å². The van der Waals surface area contributed by atoms with Gasteiger partial charge in [0.1, 0.15) is 6.04 Å². The van der Waals surface area contributed by atoms with Gasteiger partial charge in [-0.3, -0.25) is 9.59 Å². The largest absolute Gasteiger partial charge is 0.391 e. The van der Waals surface area contributed by atoms with Crippen molar-refractivity contribution in [1.82, 2.24) is 15.2 Å². The van der Waals surface area contributed by atoms with Crippen molar-refractivity contribution in [2.45, 2.75) is 64.6 Å². The Morgan fingerprint density at radius 2 is 1.97 bits per heavy atom. The highest BCUT2D eigenvalue weighted by Gasteiger charge is 2.41. The first-order chi connectivity index (χ1) is 14.9. The molecule has 2 N–H and O–H groups in total. The van der Waals surface area contributed by atoms with Gasteiger partial charge < -0.3 is 15.3 Å². The Bertz CT molecular complexity index is 920. The van der Waals surface area contributed by atoms with E-state index in [-0.39, 0.29) is 24.3 Å². The molecule has 3 atom stereocenters. The lowest BCUT2D eigenvalue weighted by Crippen LogP contribution is -2.48. The van der Waals surface area contributed by atoms with E-state index >= 15 is 0 Å². The number of aryl methyl sites for hydroxylation is 1. The van der Waals surface area contributed by atoms with Crippen molar-refractivity contribution >= 4 is 23.2 Å². The van der Waals surface area contributed by atoms with Crippen LogP contribution in [0.4, 0.5) is 0 Å². The molecule has 0 spiro atoms. The number of benzene rings is 1. The summed E-state index contributed by atoms with van der Waals surface area (Å²) in [7, 11) is 0. The zero-order valence-electron chi connectivity index (χ0n) is 18.2. The van der Waals surface area contributed by atoms with Gasteiger partial charge in [-0.05, 0) is 36.8 Å². The molecule has 166 valence electrons. The molecule has 2 aliphatic rings. The van der Waals surface area contributed by atoms with Gasteiger partial charge in [0.25, 0.3) is 0 Å². The van der Waals surface area contributed by atoms with Crippen LogP contribution in [-0.4, -0.2) is 45.5 Å². The summed E-state index contributed by atoms with van der Waals surface area (Å²) < 4.78 is 0. The topological polar surface area (TPSA) is 82.5 Å². The highest BCUT2D eigenvalue weighted by Crippen LogP contribution is 2.33. The van der Waals surface area contributed by atoms with Crippen molar-refractivity contribution in [3.63, 3.8) is 0 Å². The summed E-state index contributed by atoms with van der Waals surface area (Å²) in [6.07, 6.45) is 4.18. The maximum Gasteiger partial charge on any atom is 0.243 e. The zero-order valence-corrected chi connectivity index (χ0v) is 19.0. The van der Waals surface area contributed by atoms with E-state index in [0.29, 0.717) is 18.9 Å². The van der Waals surface area contributed by atoms with Crippen molar-refractivity contribution in [2.24, 2.45) is 11.8 Å². The van der Waals surface area contributed by atoms with E-state index in [1.165, 1.54) is 12.8 Å². The number of nitrogens with zero attached hydrogens (tertiary/aromatic N) is 2. The molecule has 1 aromatic carbocycles. The Kier molecular flexibility index (Phi) is 6.72. The van der Waals surface area contributed by atoms with E-state index in [1.54, 1.807) is 16.2 Å². The first kappa shape index (κ1) is 22.0. The number of carbonyl (C=O) groups is 2. The second-order valence-corrected chi connectivity index (χ2v) is 9.77. The predicted molar refractivity (Wildman–Crippen MR) is 121 cm³/mol. The lowest BCUT2D eigenvalue weighted by atomic mass is 9.91. The number of hydrogen-bond acceptors (Lipinski definition) is 5. The molecule has 1 saturated heterocycles. The number of aromatic nitrogens is 1. The summed E-state index contributed by atoms with van der Waals surface area (Å²) in [6, 6.07) is 7.50. The van der Waals surface area contributed by atoms with Gasteiger partial charge in [-0.15, -0.1) is 11.3 Å². The van der Waals surface area contributed by atoms with Crippen LogP contribution >= 0.6 is 11.3 Å². The van der Waals surface area contributed by atoms with Crippen molar-refractivity contribution < 1.29 is 14.7 Å². The minimum absolute atomic E-state index is 0.00730. The van der Waals surface area contributed by atoms with Crippen LogP contribution in [0.15, 0.2) is 29.8 Å². The molecule has 2 aromatic rings. The lowest BCUT2D eigenvalue weighted by molar-refractivity contribution is -0.142. The van der Waals surface area contributed by atoms with Gasteiger partial charge in [0.2, 0.25) is 11.8 Å². The predicted octanol–water partition coefficient (Wildman–Crippen LogP) is 3.52. The molecule has 0 radical (unpaired) electrons. The number of aliphatic hydroxyl groups excluding tert-OH is 1. The van der Waals surface area contributed by atoms with Crippen LogP contribution in [0, 0.1) is 18.8 Å². The number of β-amino-alcohol motifs (C(OH)–C–C–N with tert-alkyl or cyclic N) is 1. The van der Waals surface area contributed by atoms with Crippen LogP contribution in [0.1, 0.15) is 50.3 Å². The molecule has 2 fully saturated rings. The molecule has 6 nitrogen and oxygen atoms in total. The van der Waals surface area contributed by atoms with Crippen LogP contribution in [-0.2, 0) is 16.1 Å². The third kappa shape index (κ3) is 4.83. The Balaban J connectivity index is 1.36. The average molecular weight is 442 g/mol. The first-order valence-electron chi connectivity index (χ1n) is 11.2. The molecule has 4 rings (SSSR count). The quantitative estimate of drug-likeness (QED) is 0.719. The molecule has 2 amide bonds. The van der Waals surface area contributed by atoms with Gasteiger partial charge in [-0.25, -0.2) is 4.98 Å². The molecule has 7 heteroatoms. The van der Waals surface area contributed by atoms with Gasteiger partial charge in [-0.1, -0.05) is 44.0 Å². The Morgan fingerprint density at radius 3 is 2.61 bits per heavy atom. The molecule has 1 aromatic heterocycles. The third-order valence-electron chi connectivity index (χ3n) is 6.79. The van der Waals surface area contributed by atoms with E-state index in [2.05, 4.69) is 10.3 Å². The number of nitrogens with one attached hydrogen (secondary N) is 1. The fraction of sp³-hybridized carbons (Fsp3) is 0.542. The van der Waals surface area contributed by atoms with E-state index in [1.807, 2.05) is 43.6 Å². The van der Waals surface area contributed by atoms with Crippen molar-refractivity contribution in [3.8, 4) is 10.4 Å². The summed E-state index contributed by atoms with van der Waals surface area (Å²) in [4.78, 5) is 33.0. The maximum absolute atomic E-state index is 13.1. The second-order valence-electron chi connectivity index (χ2n) is 8.91. The summed E-state index contributed by atoms with van der Waals surface area (Å²) in [6.45, 7) is 4.62. The Morgan fingerprint density at radius 1 is 1.26 bits per heavy atom. The number of rotatable bonds is 6. The zero-order chi connectivity index (χ0) is 22.0. The number of hydrogen-bond donors (Lipinski definition) is 2. The Hall–Kier alpha value is -2.25. The van der Waals surface area contributed by atoms with Crippen LogP contribution < -0.4 is 5.32 Å². The van der Waals surface area contributed by atoms with E-state index in [9.17, 15) is 14.7 Å². The molecule has 1 aliphatic heterocycles. The van der Waals surface area contributed by atoms with Crippen LogP contribution in [0.2, 0.25) is 0 Å². The lowest BCUT2D eigenvalue weighted by Gasteiger charge is -2.29. The molecule has 1 aliphatic carbocycles. The number of amides is 2. The number of carbonyl (C=O) groups excluding carboxylic acids is 2. The molecule has 1 saturated carbocycles. The van der Waals surface area contributed by atoms with Gasteiger partial charge in [0, 0.05) is 25.4 Å². The van der Waals surface area contributed by atoms with Crippen LogP contribution in [0.25, 0.3) is 10.4 Å². The number of thiazole rings is 1. The highest BCUT2D eigenvalue weighted by molar-refractivity contribution is 7.13. The smallest absolute Gasteiger partial charge is 0.243 e. The molecule has 1 unspecified atom stereocenters. The number of aliphatic hydroxyl groups is 1. The number of likely N-dealkylation sites (tertiary alicyclic amines) is 1. The van der Waals surface area contributed by atoms with E-state index in [4.69, 9.17) is 0 Å². The highest BCUT2D eigenvalue weighted by atomic mass is 32.1. The van der Waals surface area contributed by atoms with Crippen molar-refractivity contribution in [3.05, 3.63) is 41.0 Å². The first-order valence-corrected chi connectivity index (χ1v) is 12.1. The summed E-state index contributed by atoms with van der Waals surface area (Å²) >= 11 is 1.62. The standard InChI is InChI=1S/C24H31N3O3S/c1-15(18-5-3-4-6-18)24(30)27-13-20(28)11-21(27)23(29)25-12-17-7-9-19(10-8-17)22-16(2)26-14-31-22/h7-10,14-15,18,20-21,28H,3-6,11-13H2,1-2H3,(H,25,29)/t15?,20-,21+/m1/s1. The van der Waals surface area contributed by atoms with Gasteiger partial charge >= 0.3 is 0 Å². The van der Waals surface area contributed by atoms with Gasteiger partial charge in [0.05, 0.1) is 22.2 Å². The summed E-state index contributed by atoms with van der Waals surface area (Å²) in [5.41, 5.74) is 4.97. The SMILES string of the molecule is Cc1ncsc1-c1ccc(CNC(=O)[C@@H]2C[C@@H](O)CN2C(=O)C(C)C2CCCC2)cc1. The van der Waals surface area contributed by atoms with Crippen molar-refractivity contribution in [2.75, 3.05) is 6.54 Å². The third-order valence-corrected chi connectivity index (χ3v) is 7.77. The maximum atomic E-state index is 13.1. The molecular weight excluding hydrogens is 410 g/mol. The van der Waals surface area contributed by atoms with Crippen LogP contribution in [0.5, 0.6) is 0 Å². The van der Waals surface area contributed by atoms with E-state index < -0.39 is 12.1 Å². The minimum Gasteiger partial charge on any atom is -0.391 e. The Labute approximate surface area is 187 Å². The molecule has 2 heterocycles. The molecule has 0 bridgehead atoms. The molecular formula is C24H31N3O3S.